The van der Waals surface area contributed by atoms with Crippen LogP contribution in [0.25, 0.3) is 11.0 Å². The molecule has 0 saturated carbocycles. The fourth-order valence-corrected chi connectivity index (χ4v) is 2.07. The Morgan fingerprint density at radius 1 is 1.36 bits per heavy atom. The van der Waals surface area contributed by atoms with E-state index in [1.54, 1.807) is 12.1 Å². The zero-order chi connectivity index (χ0) is 10.1. The van der Waals surface area contributed by atoms with Crippen LogP contribution in [0.15, 0.2) is 12.1 Å². The molecule has 0 saturated heterocycles. The van der Waals surface area contributed by atoms with Crippen LogP contribution in [0, 0.1) is 0 Å². The summed E-state index contributed by atoms with van der Waals surface area (Å²) in [5, 5.41) is -0.518. The second kappa shape index (κ2) is 3.81. The molecule has 0 aliphatic heterocycles. The van der Waals surface area contributed by atoms with Gasteiger partial charge in [0.05, 0.1) is 11.7 Å². The molecule has 0 bridgehead atoms. The van der Waals surface area contributed by atoms with E-state index in [1.807, 2.05) is 0 Å². The van der Waals surface area contributed by atoms with Crippen LogP contribution in [0.3, 0.4) is 0 Å². The van der Waals surface area contributed by atoms with Gasteiger partial charge in [-0.25, -0.2) is 0 Å². The zero-order valence-corrected chi connectivity index (χ0v) is 9.16. The van der Waals surface area contributed by atoms with Crippen molar-refractivity contribution in [2.75, 3.05) is 0 Å². The highest BCUT2D eigenvalue weighted by Crippen LogP contribution is 2.21. The number of benzene rings is 1. The summed E-state index contributed by atoms with van der Waals surface area (Å²) < 4.78 is 8.06. The van der Waals surface area contributed by atoms with Gasteiger partial charge in [0, 0.05) is 11.4 Å². The molecule has 1 heterocycles. The molecule has 1 aromatic carbocycles. The minimum atomic E-state index is -0.518. The van der Waals surface area contributed by atoms with Crippen molar-refractivity contribution in [3.63, 3.8) is 0 Å². The first-order valence-corrected chi connectivity index (χ1v) is 5.37. The van der Waals surface area contributed by atoms with Crippen LogP contribution in [0.4, 0.5) is 0 Å². The molecule has 6 heteroatoms. The molecule has 1 aromatic heterocycles. The minimum Gasteiger partial charge on any atom is -0.276 e. The maximum atomic E-state index is 11.1. The van der Waals surface area contributed by atoms with E-state index >= 15 is 0 Å². The summed E-state index contributed by atoms with van der Waals surface area (Å²) in [5.41, 5.74) is 2.51. The second-order valence-electron chi connectivity index (χ2n) is 2.67. The summed E-state index contributed by atoms with van der Waals surface area (Å²) in [7, 11) is 0. The van der Waals surface area contributed by atoms with Gasteiger partial charge in [0.25, 0.3) is 5.24 Å². The highest BCUT2D eigenvalue weighted by molar-refractivity contribution is 7.00. The van der Waals surface area contributed by atoms with E-state index in [4.69, 9.17) is 23.2 Å². The van der Waals surface area contributed by atoms with Gasteiger partial charge in [0.1, 0.15) is 11.0 Å². The van der Waals surface area contributed by atoms with E-state index in [2.05, 4.69) is 8.75 Å². The standard InChI is InChI=1S/C8H4Cl2N2OS/c9-3-4-1-6-7(12-14-11-6)2-5(4)8(10)13/h1-2H,3H2. The molecular weight excluding hydrogens is 243 g/mol. The Bertz CT molecular complexity index is 497. The van der Waals surface area contributed by atoms with Crippen molar-refractivity contribution >= 4 is 51.2 Å². The number of hydrogen-bond acceptors (Lipinski definition) is 4. The minimum absolute atomic E-state index is 0.237. The van der Waals surface area contributed by atoms with E-state index < -0.39 is 5.24 Å². The molecule has 0 aliphatic rings. The van der Waals surface area contributed by atoms with Gasteiger partial charge in [0.2, 0.25) is 0 Å². The number of fused-ring (bicyclic) bond motifs is 1. The summed E-state index contributed by atoms with van der Waals surface area (Å²) in [6.07, 6.45) is 0. The first-order valence-electron chi connectivity index (χ1n) is 3.73. The molecule has 0 amide bonds. The zero-order valence-electron chi connectivity index (χ0n) is 6.83. The van der Waals surface area contributed by atoms with Crippen molar-refractivity contribution in [3.8, 4) is 0 Å². The largest absolute Gasteiger partial charge is 0.276 e. The SMILES string of the molecule is O=C(Cl)c1cc2nsnc2cc1CCl. The predicted octanol–water partition coefficient (Wildman–Crippen LogP) is 2.81. The molecule has 2 aromatic rings. The first-order chi connectivity index (χ1) is 6.72. The summed E-state index contributed by atoms with van der Waals surface area (Å²) in [6.45, 7) is 0. The normalized spacial score (nSPS) is 10.7. The van der Waals surface area contributed by atoms with Gasteiger partial charge in [-0.1, -0.05) is 0 Å². The lowest BCUT2D eigenvalue weighted by Gasteiger charge is -2.00. The van der Waals surface area contributed by atoms with Gasteiger partial charge in [0.15, 0.2) is 0 Å². The Balaban J connectivity index is 2.72. The van der Waals surface area contributed by atoms with Gasteiger partial charge in [-0.05, 0) is 29.3 Å². The molecule has 72 valence electrons. The van der Waals surface area contributed by atoms with Crippen LogP contribution in [0.2, 0.25) is 0 Å². The van der Waals surface area contributed by atoms with Crippen molar-refractivity contribution in [1.29, 1.82) is 0 Å². The fraction of sp³-hybridized carbons (Fsp3) is 0.125. The van der Waals surface area contributed by atoms with E-state index in [1.165, 1.54) is 0 Å². The molecule has 0 spiro atoms. The highest BCUT2D eigenvalue weighted by Gasteiger charge is 2.11. The molecule has 0 atom stereocenters. The van der Waals surface area contributed by atoms with Crippen molar-refractivity contribution in [2.45, 2.75) is 5.88 Å². The van der Waals surface area contributed by atoms with Crippen LogP contribution in [0.5, 0.6) is 0 Å². The lowest BCUT2D eigenvalue weighted by atomic mass is 10.1. The molecule has 3 nitrogen and oxygen atoms in total. The molecule has 2 rings (SSSR count). The van der Waals surface area contributed by atoms with Crippen LogP contribution in [-0.2, 0) is 5.88 Å². The number of aromatic nitrogens is 2. The average molecular weight is 247 g/mol. The maximum Gasteiger partial charge on any atom is 0.252 e. The third kappa shape index (κ3) is 1.61. The molecule has 14 heavy (non-hydrogen) atoms. The summed E-state index contributed by atoms with van der Waals surface area (Å²) >= 11 is 12.2. The number of carbonyl (C=O) groups excluding carboxylic acids is 1. The molecule has 0 fully saturated rings. The molecule has 0 N–H and O–H groups in total. The number of rotatable bonds is 2. The van der Waals surface area contributed by atoms with E-state index in [0.29, 0.717) is 16.6 Å². The number of hydrogen-bond donors (Lipinski definition) is 0. The van der Waals surface area contributed by atoms with Crippen LogP contribution in [-0.4, -0.2) is 14.0 Å². The third-order valence-electron chi connectivity index (χ3n) is 1.83. The Kier molecular flexibility index (Phi) is 2.67. The predicted molar refractivity (Wildman–Crippen MR) is 57.2 cm³/mol. The van der Waals surface area contributed by atoms with Gasteiger partial charge in [-0.15, -0.1) is 11.6 Å². The van der Waals surface area contributed by atoms with Crippen LogP contribution in [0.1, 0.15) is 15.9 Å². The number of nitrogens with zero attached hydrogens (tertiary/aromatic N) is 2. The van der Waals surface area contributed by atoms with Crippen molar-refractivity contribution in [1.82, 2.24) is 8.75 Å². The van der Waals surface area contributed by atoms with Gasteiger partial charge >= 0.3 is 0 Å². The number of halogens is 2. The molecule has 0 radical (unpaired) electrons. The topological polar surface area (TPSA) is 42.9 Å². The van der Waals surface area contributed by atoms with Crippen molar-refractivity contribution in [3.05, 3.63) is 23.3 Å². The van der Waals surface area contributed by atoms with Gasteiger partial charge < -0.3 is 0 Å². The van der Waals surface area contributed by atoms with Gasteiger partial charge in [-0.3, -0.25) is 4.79 Å². The fourth-order valence-electron chi connectivity index (χ4n) is 1.17. The van der Waals surface area contributed by atoms with Crippen LogP contribution >= 0.6 is 34.9 Å². The average Bonchev–Trinajstić information content (AvgIpc) is 2.62. The van der Waals surface area contributed by atoms with Crippen molar-refractivity contribution < 1.29 is 4.79 Å². The summed E-state index contributed by atoms with van der Waals surface area (Å²) in [4.78, 5) is 11.1. The highest BCUT2D eigenvalue weighted by atomic mass is 35.5. The van der Waals surface area contributed by atoms with E-state index in [0.717, 1.165) is 17.2 Å². The molecule has 0 unspecified atom stereocenters. The first kappa shape index (κ1) is 9.83. The Morgan fingerprint density at radius 2 is 2.00 bits per heavy atom. The maximum absolute atomic E-state index is 11.1. The molecule has 0 aliphatic carbocycles. The molecular formula is C8H4Cl2N2OS. The summed E-state index contributed by atoms with van der Waals surface area (Å²) in [6, 6.07) is 3.35. The van der Waals surface area contributed by atoms with E-state index in [9.17, 15) is 4.79 Å². The van der Waals surface area contributed by atoms with E-state index in [-0.39, 0.29) is 5.88 Å². The van der Waals surface area contributed by atoms with Gasteiger partial charge in [-0.2, -0.15) is 8.75 Å². The monoisotopic (exact) mass is 246 g/mol. The number of alkyl halides is 1. The van der Waals surface area contributed by atoms with Crippen LogP contribution < -0.4 is 0 Å². The quantitative estimate of drug-likeness (QED) is 0.605. The smallest absolute Gasteiger partial charge is 0.252 e. The summed E-state index contributed by atoms with van der Waals surface area (Å²) in [5.74, 6) is 0.237. The lowest BCUT2D eigenvalue weighted by Crippen LogP contribution is -1.95. The Labute approximate surface area is 94.0 Å². The van der Waals surface area contributed by atoms with Crippen molar-refractivity contribution in [2.24, 2.45) is 0 Å². The second-order valence-corrected chi connectivity index (χ2v) is 3.81. The lowest BCUT2D eigenvalue weighted by molar-refractivity contribution is 0.108. The third-order valence-corrected chi connectivity index (χ3v) is 2.88. The Morgan fingerprint density at radius 3 is 2.57 bits per heavy atom. The number of carbonyl (C=O) groups is 1. The Hall–Kier alpha value is -0.710.